The van der Waals surface area contributed by atoms with Crippen LogP contribution in [0, 0.1) is 5.82 Å². The molecule has 0 saturated heterocycles. The average molecular weight is 479 g/mol. The molecule has 0 aliphatic heterocycles. The number of allylic oxidation sites excluding steroid dienone is 1. The van der Waals surface area contributed by atoms with Crippen molar-refractivity contribution in [3.63, 3.8) is 0 Å². The molecule has 0 amide bonds. The minimum atomic E-state index is -4.74. The maximum atomic E-state index is 13.9. The molecular weight excluding hydrogens is 458 g/mol. The smallest absolute Gasteiger partial charge is 0.417 e. The van der Waals surface area contributed by atoms with Crippen molar-refractivity contribution in [2.45, 2.75) is 19.5 Å². The van der Waals surface area contributed by atoms with Crippen LogP contribution in [0.1, 0.15) is 41.3 Å². The number of rotatable bonds is 6. The molecule has 1 heterocycles. The summed E-state index contributed by atoms with van der Waals surface area (Å²) >= 11 is 0. The lowest BCUT2D eigenvalue weighted by Gasteiger charge is -2.19. The molecule has 0 bridgehead atoms. The monoisotopic (exact) mass is 479 g/mol. The topological polar surface area (TPSA) is 53.1 Å². The maximum Gasteiger partial charge on any atom is 0.417 e. The Labute approximate surface area is 199 Å². The number of carbonyl (C=O) groups is 1. The van der Waals surface area contributed by atoms with Gasteiger partial charge in [-0.25, -0.2) is 9.18 Å². The first-order chi connectivity index (χ1) is 16.7. The molecule has 35 heavy (non-hydrogen) atoms. The summed E-state index contributed by atoms with van der Waals surface area (Å²) in [6.45, 7) is 1.76. The molecular formula is C28H21F4NO2. The summed E-state index contributed by atoms with van der Waals surface area (Å²) in [5, 5.41) is 9.76. The number of carboxylic acids is 1. The highest BCUT2D eigenvalue weighted by atomic mass is 19.4. The van der Waals surface area contributed by atoms with Crippen molar-refractivity contribution in [1.82, 2.24) is 4.98 Å². The maximum absolute atomic E-state index is 13.9. The second-order valence-electron chi connectivity index (χ2n) is 7.96. The molecule has 0 atom stereocenters. The highest BCUT2D eigenvalue weighted by Crippen LogP contribution is 2.41. The van der Waals surface area contributed by atoms with Crippen LogP contribution < -0.4 is 0 Å². The molecule has 3 nitrogen and oxygen atoms in total. The van der Waals surface area contributed by atoms with Crippen LogP contribution in [0.5, 0.6) is 0 Å². The van der Waals surface area contributed by atoms with Crippen molar-refractivity contribution in [2.24, 2.45) is 0 Å². The van der Waals surface area contributed by atoms with Gasteiger partial charge in [0.15, 0.2) is 0 Å². The van der Waals surface area contributed by atoms with E-state index in [-0.39, 0.29) is 12.0 Å². The Kier molecular flexibility index (Phi) is 6.60. The fraction of sp³-hybridized carbons (Fsp3) is 0.107. The summed E-state index contributed by atoms with van der Waals surface area (Å²) < 4.78 is 55.6. The van der Waals surface area contributed by atoms with Gasteiger partial charge in [-0.1, -0.05) is 55.5 Å². The summed E-state index contributed by atoms with van der Waals surface area (Å²) in [7, 11) is 0. The van der Waals surface area contributed by atoms with E-state index in [0.717, 1.165) is 23.0 Å². The third-order valence-corrected chi connectivity index (χ3v) is 5.68. The molecule has 0 unspecified atom stereocenters. The van der Waals surface area contributed by atoms with Gasteiger partial charge >= 0.3 is 12.1 Å². The van der Waals surface area contributed by atoms with E-state index in [0.29, 0.717) is 34.0 Å². The predicted molar refractivity (Wildman–Crippen MR) is 129 cm³/mol. The lowest BCUT2D eigenvalue weighted by Crippen LogP contribution is -2.10. The molecule has 178 valence electrons. The Bertz CT molecular complexity index is 1410. The number of nitrogens with one attached hydrogen (secondary N) is 1. The molecule has 2 N–H and O–H groups in total. The lowest BCUT2D eigenvalue weighted by atomic mass is 9.88. The third kappa shape index (κ3) is 5.19. The van der Waals surface area contributed by atoms with Crippen LogP contribution in [0.4, 0.5) is 17.6 Å². The largest absolute Gasteiger partial charge is 0.478 e. The standard InChI is InChI=1S/C28H21F4NO2/c1-2-21(22-13-12-20(29)16-23(22)28(30,31)32)27(25-15-19-5-3-4-6-24(19)33-25)18-10-7-17(8-11-18)9-14-26(34)35/h3-16,33H,2H2,1H3,(H,34,35)/b14-9+,27-21+. The van der Waals surface area contributed by atoms with Crippen LogP contribution in [-0.4, -0.2) is 16.1 Å². The van der Waals surface area contributed by atoms with E-state index in [9.17, 15) is 22.4 Å². The first-order valence-corrected chi connectivity index (χ1v) is 10.9. The second kappa shape index (κ2) is 9.62. The van der Waals surface area contributed by atoms with Gasteiger partial charge in [-0.2, -0.15) is 13.2 Å². The van der Waals surface area contributed by atoms with Gasteiger partial charge in [0.2, 0.25) is 0 Å². The van der Waals surface area contributed by atoms with Gasteiger partial charge in [0, 0.05) is 28.2 Å². The summed E-state index contributed by atoms with van der Waals surface area (Å²) in [4.78, 5) is 14.1. The van der Waals surface area contributed by atoms with Crippen LogP contribution in [-0.2, 0) is 11.0 Å². The Morgan fingerprint density at radius 2 is 1.71 bits per heavy atom. The van der Waals surface area contributed by atoms with Gasteiger partial charge in [0.25, 0.3) is 0 Å². The molecule has 0 aliphatic rings. The molecule has 4 aromatic rings. The van der Waals surface area contributed by atoms with E-state index >= 15 is 0 Å². The van der Waals surface area contributed by atoms with E-state index < -0.39 is 23.5 Å². The number of carboxylic acid groups (broad SMARTS) is 1. The number of aliphatic carboxylic acids is 1. The Hall–Kier alpha value is -4.13. The fourth-order valence-electron chi connectivity index (χ4n) is 4.14. The summed E-state index contributed by atoms with van der Waals surface area (Å²) in [5.74, 6) is -2.05. The van der Waals surface area contributed by atoms with Crippen molar-refractivity contribution in [3.05, 3.63) is 113 Å². The summed E-state index contributed by atoms with van der Waals surface area (Å²) in [6.07, 6.45) is -2.05. The SMILES string of the molecule is CC/C(=C(/c1ccc(/C=C/C(=O)O)cc1)c1cc2ccccc2[nH]1)c1ccc(F)cc1C(F)(F)F. The molecule has 0 spiro atoms. The number of hydrogen-bond donors (Lipinski definition) is 2. The summed E-state index contributed by atoms with van der Waals surface area (Å²) in [5.41, 5.74) is 2.53. The molecule has 1 aromatic heterocycles. The van der Waals surface area contributed by atoms with Gasteiger partial charge in [-0.15, -0.1) is 0 Å². The van der Waals surface area contributed by atoms with Crippen molar-refractivity contribution in [1.29, 1.82) is 0 Å². The number of H-pyrrole nitrogens is 1. The number of hydrogen-bond acceptors (Lipinski definition) is 1. The zero-order chi connectivity index (χ0) is 25.2. The Morgan fingerprint density at radius 1 is 1.00 bits per heavy atom. The number of benzene rings is 3. The van der Waals surface area contributed by atoms with Crippen molar-refractivity contribution in [2.75, 3.05) is 0 Å². The molecule has 7 heteroatoms. The van der Waals surface area contributed by atoms with Gasteiger partial charge in [0.1, 0.15) is 5.82 Å². The second-order valence-corrected chi connectivity index (χ2v) is 7.96. The highest BCUT2D eigenvalue weighted by molar-refractivity contribution is 6.01. The predicted octanol–water partition coefficient (Wildman–Crippen LogP) is 7.79. The van der Waals surface area contributed by atoms with E-state index in [1.807, 2.05) is 30.3 Å². The number of alkyl halides is 3. The zero-order valence-corrected chi connectivity index (χ0v) is 18.7. The first kappa shape index (κ1) is 24.0. The lowest BCUT2D eigenvalue weighted by molar-refractivity contribution is -0.138. The van der Waals surface area contributed by atoms with Crippen LogP contribution >= 0.6 is 0 Å². The van der Waals surface area contributed by atoms with Gasteiger partial charge in [-0.05, 0) is 59.0 Å². The van der Waals surface area contributed by atoms with E-state index in [1.54, 1.807) is 31.2 Å². The Balaban J connectivity index is 1.99. The number of aromatic nitrogens is 1. The molecule has 3 aromatic carbocycles. The van der Waals surface area contributed by atoms with Crippen LogP contribution in [0.25, 0.3) is 28.1 Å². The van der Waals surface area contributed by atoms with Crippen molar-refractivity contribution >= 4 is 34.1 Å². The minimum Gasteiger partial charge on any atom is -0.478 e. The molecule has 4 rings (SSSR count). The number of para-hydroxylation sites is 1. The third-order valence-electron chi connectivity index (χ3n) is 5.68. The molecule has 0 saturated carbocycles. The Morgan fingerprint density at radius 3 is 2.34 bits per heavy atom. The average Bonchev–Trinajstić information content (AvgIpc) is 3.25. The normalized spacial score (nSPS) is 12.8. The van der Waals surface area contributed by atoms with Crippen molar-refractivity contribution in [3.8, 4) is 0 Å². The summed E-state index contributed by atoms with van der Waals surface area (Å²) in [6, 6.07) is 18.9. The number of halogens is 4. The van der Waals surface area contributed by atoms with Gasteiger partial charge < -0.3 is 10.1 Å². The van der Waals surface area contributed by atoms with Crippen LogP contribution in [0.15, 0.2) is 78.9 Å². The number of aromatic amines is 1. The fourth-order valence-corrected chi connectivity index (χ4v) is 4.14. The molecule has 0 radical (unpaired) electrons. The van der Waals surface area contributed by atoms with Gasteiger partial charge in [-0.3, -0.25) is 0 Å². The number of fused-ring (bicyclic) bond motifs is 1. The van der Waals surface area contributed by atoms with E-state index in [4.69, 9.17) is 5.11 Å². The first-order valence-electron chi connectivity index (χ1n) is 10.9. The quantitative estimate of drug-likeness (QED) is 0.168. The van der Waals surface area contributed by atoms with E-state index in [1.165, 1.54) is 12.1 Å². The zero-order valence-electron chi connectivity index (χ0n) is 18.7. The van der Waals surface area contributed by atoms with Crippen molar-refractivity contribution < 1.29 is 27.5 Å². The van der Waals surface area contributed by atoms with Crippen LogP contribution in [0.3, 0.4) is 0 Å². The molecule has 0 fully saturated rings. The molecule has 0 aliphatic carbocycles. The van der Waals surface area contributed by atoms with Crippen LogP contribution in [0.2, 0.25) is 0 Å². The van der Waals surface area contributed by atoms with E-state index in [2.05, 4.69) is 4.98 Å². The highest BCUT2D eigenvalue weighted by Gasteiger charge is 2.35. The minimum absolute atomic E-state index is 0.0927. The van der Waals surface area contributed by atoms with Gasteiger partial charge in [0.05, 0.1) is 5.56 Å².